The largest absolute Gasteiger partial charge is 0.324 e. The molecule has 1 saturated heterocycles. The van der Waals surface area contributed by atoms with Gasteiger partial charge in [0.05, 0.1) is 15.6 Å². The van der Waals surface area contributed by atoms with Gasteiger partial charge in [0.2, 0.25) is 5.95 Å². The van der Waals surface area contributed by atoms with Gasteiger partial charge in [-0.05, 0) is 47.8 Å². The highest BCUT2D eigenvalue weighted by Gasteiger charge is 2.17. The summed E-state index contributed by atoms with van der Waals surface area (Å²) in [5, 5.41) is 2.83. The Morgan fingerprint density at radius 1 is 1.08 bits per heavy atom. The average molecular weight is 355 g/mol. The van der Waals surface area contributed by atoms with Crippen molar-refractivity contribution in [2.24, 2.45) is 0 Å². The van der Waals surface area contributed by atoms with Crippen LogP contribution < -0.4 is 5.32 Å². The third kappa shape index (κ3) is 3.30. The summed E-state index contributed by atoms with van der Waals surface area (Å²) in [5.74, 6) is 2.76. The summed E-state index contributed by atoms with van der Waals surface area (Å²) in [4.78, 5) is 19.9. The van der Waals surface area contributed by atoms with Gasteiger partial charge >= 0.3 is 0 Å². The number of carbonyl (C=O) groups is 1. The van der Waals surface area contributed by atoms with Crippen molar-refractivity contribution in [1.82, 2.24) is 9.97 Å². The summed E-state index contributed by atoms with van der Waals surface area (Å²) in [7, 11) is 0. The highest BCUT2D eigenvalue weighted by molar-refractivity contribution is 8.16. The van der Waals surface area contributed by atoms with E-state index < -0.39 is 0 Å². The van der Waals surface area contributed by atoms with Gasteiger partial charge in [-0.15, -0.1) is 23.5 Å². The first-order valence-corrected chi connectivity index (χ1v) is 9.98. The van der Waals surface area contributed by atoms with Gasteiger partial charge in [0.15, 0.2) is 0 Å². The van der Waals surface area contributed by atoms with Gasteiger partial charge in [-0.25, -0.2) is 4.98 Å². The van der Waals surface area contributed by atoms with Crippen LogP contribution in [0.25, 0.3) is 11.0 Å². The second-order valence-corrected chi connectivity index (χ2v) is 8.33. The number of amides is 1. The van der Waals surface area contributed by atoms with Crippen LogP contribution >= 0.6 is 23.5 Å². The van der Waals surface area contributed by atoms with Crippen molar-refractivity contribution in [3.63, 3.8) is 0 Å². The lowest BCUT2D eigenvalue weighted by molar-refractivity contribution is 0.102. The number of anilines is 1. The molecule has 0 spiro atoms. The molecular formula is C18H17N3OS2. The maximum atomic E-state index is 12.4. The monoisotopic (exact) mass is 355 g/mol. The number of hydrogen-bond donors (Lipinski definition) is 2. The number of aromatic amines is 1. The molecule has 122 valence electrons. The molecule has 0 unspecified atom stereocenters. The Balaban J connectivity index is 1.47. The summed E-state index contributed by atoms with van der Waals surface area (Å²) >= 11 is 3.97. The normalized spacial score (nSPS) is 15.5. The van der Waals surface area contributed by atoms with Crippen LogP contribution in [0, 0.1) is 0 Å². The van der Waals surface area contributed by atoms with E-state index in [1.54, 1.807) is 0 Å². The van der Waals surface area contributed by atoms with Gasteiger partial charge in [0.25, 0.3) is 5.91 Å². The second kappa shape index (κ2) is 6.91. The Morgan fingerprint density at radius 2 is 1.83 bits per heavy atom. The van der Waals surface area contributed by atoms with Gasteiger partial charge in [0, 0.05) is 5.56 Å². The number of nitrogens with one attached hydrogen (secondary N) is 2. The van der Waals surface area contributed by atoms with E-state index in [0.29, 0.717) is 16.1 Å². The van der Waals surface area contributed by atoms with E-state index in [9.17, 15) is 4.79 Å². The van der Waals surface area contributed by atoms with Gasteiger partial charge in [-0.2, -0.15) is 0 Å². The molecule has 0 aliphatic carbocycles. The molecular weight excluding hydrogens is 338 g/mol. The van der Waals surface area contributed by atoms with E-state index in [-0.39, 0.29) is 5.91 Å². The van der Waals surface area contributed by atoms with Crippen LogP contribution in [-0.4, -0.2) is 27.4 Å². The zero-order chi connectivity index (χ0) is 16.4. The van der Waals surface area contributed by atoms with Crippen molar-refractivity contribution in [2.75, 3.05) is 16.8 Å². The van der Waals surface area contributed by atoms with E-state index >= 15 is 0 Å². The predicted octanol–water partition coefficient (Wildman–Crippen LogP) is 4.68. The lowest BCUT2D eigenvalue weighted by Crippen LogP contribution is -2.13. The zero-order valence-corrected chi connectivity index (χ0v) is 14.6. The van der Waals surface area contributed by atoms with Crippen molar-refractivity contribution < 1.29 is 4.79 Å². The number of aromatic nitrogens is 2. The molecule has 4 rings (SSSR count). The van der Waals surface area contributed by atoms with Crippen LogP contribution in [0.5, 0.6) is 0 Å². The first kappa shape index (κ1) is 15.6. The molecule has 24 heavy (non-hydrogen) atoms. The number of rotatable bonds is 3. The van der Waals surface area contributed by atoms with Crippen LogP contribution in [0.3, 0.4) is 0 Å². The Morgan fingerprint density at radius 3 is 2.58 bits per heavy atom. The third-order valence-electron chi connectivity index (χ3n) is 3.89. The van der Waals surface area contributed by atoms with Crippen LogP contribution in [0.1, 0.15) is 26.9 Å². The number of benzene rings is 2. The fourth-order valence-electron chi connectivity index (χ4n) is 2.66. The number of thioether (sulfide) groups is 2. The van der Waals surface area contributed by atoms with Crippen molar-refractivity contribution in [3.8, 4) is 0 Å². The van der Waals surface area contributed by atoms with Crippen LogP contribution in [0.15, 0.2) is 48.5 Å². The fourth-order valence-corrected chi connectivity index (χ4v) is 5.56. The van der Waals surface area contributed by atoms with Crippen molar-refractivity contribution >= 4 is 46.4 Å². The molecule has 0 atom stereocenters. The van der Waals surface area contributed by atoms with E-state index in [2.05, 4.69) is 27.4 Å². The number of fused-ring (bicyclic) bond motifs is 1. The Hall–Kier alpha value is -1.92. The van der Waals surface area contributed by atoms with Crippen LogP contribution in [0.4, 0.5) is 5.95 Å². The average Bonchev–Trinajstić information content (AvgIpc) is 3.05. The molecule has 4 nitrogen and oxygen atoms in total. The maximum absolute atomic E-state index is 12.4. The van der Waals surface area contributed by atoms with Crippen LogP contribution in [-0.2, 0) is 0 Å². The molecule has 3 aromatic rings. The number of hydrogen-bond acceptors (Lipinski definition) is 4. The Bertz CT molecular complexity index is 821. The lowest BCUT2D eigenvalue weighted by atomic mass is 10.1. The molecule has 2 aromatic carbocycles. The lowest BCUT2D eigenvalue weighted by Gasteiger charge is -2.21. The summed E-state index contributed by atoms with van der Waals surface area (Å²) in [6, 6.07) is 15.6. The number of imidazole rings is 1. The molecule has 2 N–H and O–H groups in total. The molecule has 0 bridgehead atoms. The number of carbonyl (C=O) groups excluding carboxylic acids is 1. The summed E-state index contributed by atoms with van der Waals surface area (Å²) < 4.78 is 0.492. The van der Waals surface area contributed by atoms with Gasteiger partial charge < -0.3 is 4.98 Å². The summed E-state index contributed by atoms with van der Waals surface area (Å²) in [6.07, 6.45) is 1.28. The topological polar surface area (TPSA) is 57.8 Å². The fraction of sp³-hybridized carbons (Fsp3) is 0.222. The van der Waals surface area contributed by atoms with Crippen molar-refractivity contribution in [2.45, 2.75) is 11.0 Å². The maximum Gasteiger partial charge on any atom is 0.257 e. The number of H-pyrrole nitrogens is 1. The third-order valence-corrected chi connectivity index (χ3v) is 6.91. The molecule has 6 heteroatoms. The van der Waals surface area contributed by atoms with E-state index in [1.807, 2.05) is 59.9 Å². The summed E-state index contributed by atoms with van der Waals surface area (Å²) in [6.45, 7) is 0. The number of para-hydroxylation sites is 2. The first-order valence-electron chi connectivity index (χ1n) is 7.89. The smallest absolute Gasteiger partial charge is 0.257 e. The highest BCUT2D eigenvalue weighted by Crippen LogP contribution is 2.43. The zero-order valence-electron chi connectivity index (χ0n) is 13.0. The SMILES string of the molecule is O=C(Nc1nc2ccccc2[nH]1)c1ccc(C2SCCCS2)cc1. The second-order valence-electron chi connectivity index (χ2n) is 5.61. The Labute approximate surface area is 148 Å². The highest BCUT2D eigenvalue weighted by atomic mass is 32.2. The molecule has 2 heterocycles. The van der Waals surface area contributed by atoms with Crippen LogP contribution in [0.2, 0.25) is 0 Å². The molecule has 0 saturated carbocycles. The predicted molar refractivity (Wildman–Crippen MR) is 103 cm³/mol. The molecule has 1 amide bonds. The minimum absolute atomic E-state index is 0.149. The molecule has 0 radical (unpaired) electrons. The first-order chi connectivity index (χ1) is 11.8. The molecule has 1 aromatic heterocycles. The Kier molecular flexibility index (Phi) is 4.49. The molecule has 1 aliphatic heterocycles. The summed E-state index contributed by atoms with van der Waals surface area (Å²) in [5.41, 5.74) is 3.68. The van der Waals surface area contributed by atoms with Gasteiger partial charge in [-0.3, -0.25) is 10.1 Å². The van der Waals surface area contributed by atoms with Crippen molar-refractivity contribution in [3.05, 3.63) is 59.7 Å². The van der Waals surface area contributed by atoms with Gasteiger partial charge in [0.1, 0.15) is 0 Å². The minimum Gasteiger partial charge on any atom is -0.324 e. The minimum atomic E-state index is -0.149. The number of nitrogens with zero attached hydrogens (tertiary/aromatic N) is 1. The van der Waals surface area contributed by atoms with E-state index in [0.717, 1.165) is 11.0 Å². The standard InChI is InChI=1S/C18H17N3OS2/c22-16(21-18-19-14-4-1-2-5-15(14)20-18)12-6-8-13(9-7-12)17-23-10-3-11-24-17/h1-2,4-9,17H,3,10-11H2,(H2,19,20,21,22). The van der Waals surface area contributed by atoms with E-state index in [4.69, 9.17) is 0 Å². The van der Waals surface area contributed by atoms with Crippen molar-refractivity contribution in [1.29, 1.82) is 0 Å². The van der Waals surface area contributed by atoms with Gasteiger partial charge in [-0.1, -0.05) is 24.3 Å². The quantitative estimate of drug-likeness (QED) is 0.716. The molecule has 1 fully saturated rings. The van der Waals surface area contributed by atoms with E-state index in [1.165, 1.54) is 23.5 Å². The molecule has 1 aliphatic rings.